The van der Waals surface area contributed by atoms with Gasteiger partial charge in [0.25, 0.3) is 5.79 Å². The maximum absolute atomic E-state index is 12.2. The number of esters is 2. The number of benzene rings is 2. The molecule has 2 aromatic carbocycles. The summed E-state index contributed by atoms with van der Waals surface area (Å²) in [6.07, 6.45) is 6.68. The molecule has 1 aliphatic heterocycles. The Morgan fingerprint density at radius 3 is 2.48 bits per heavy atom. The molecule has 0 spiro atoms. The first-order valence-corrected chi connectivity index (χ1v) is 7.68. The summed E-state index contributed by atoms with van der Waals surface area (Å²) in [5, 5.41) is 1.75. The Labute approximate surface area is 145 Å². The zero-order valence-electron chi connectivity index (χ0n) is 13.9. The summed E-state index contributed by atoms with van der Waals surface area (Å²) in [5.74, 6) is 0.102. The molecule has 0 aliphatic carbocycles. The number of terminal acetylenes is 1. The van der Waals surface area contributed by atoms with Gasteiger partial charge in [0, 0.05) is 19.4 Å². The molecule has 25 heavy (non-hydrogen) atoms. The van der Waals surface area contributed by atoms with Crippen LogP contribution in [-0.4, -0.2) is 24.3 Å². The highest BCUT2D eigenvalue weighted by molar-refractivity contribution is 6.19. The van der Waals surface area contributed by atoms with Gasteiger partial charge in [-0.1, -0.05) is 36.3 Å². The summed E-state index contributed by atoms with van der Waals surface area (Å²) in [6, 6.07) is 11.2. The molecule has 5 heteroatoms. The van der Waals surface area contributed by atoms with E-state index in [1.165, 1.54) is 19.9 Å². The molecule has 0 radical (unpaired) electrons. The fourth-order valence-corrected chi connectivity index (χ4v) is 2.59. The summed E-state index contributed by atoms with van der Waals surface area (Å²) in [6.45, 7) is 3.06. The van der Waals surface area contributed by atoms with Gasteiger partial charge >= 0.3 is 11.9 Å². The van der Waals surface area contributed by atoms with Crippen LogP contribution in [0, 0.1) is 12.3 Å². The highest BCUT2D eigenvalue weighted by Crippen LogP contribution is 2.32. The third-order valence-corrected chi connectivity index (χ3v) is 3.65. The number of rotatable bonds is 3. The van der Waals surface area contributed by atoms with Crippen molar-refractivity contribution in [2.75, 3.05) is 6.61 Å². The number of hydrogen-bond donors (Lipinski definition) is 0. The number of ether oxygens (including phenoxy) is 3. The van der Waals surface area contributed by atoms with E-state index in [9.17, 15) is 9.59 Å². The van der Waals surface area contributed by atoms with Gasteiger partial charge in [0.2, 0.25) is 0 Å². The Morgan fingerprint density at radius 2 is 1.80 bits per heavy atom. The van der Waals surface area contributed by atoms with Crippen LogP contribution in [0.5, 0.6) is 5.75 Å². The molecule has 5 nitrogen and oxygen atoms in total. The predicted octanol–water partition coefficient (Wildman–Crippen LogP) is 3.07. The molecule has 1 heterocycles. The van der Waals surface area contributed by atoms with Crippen LogP contribution >= 0.6 is 0 Å². The van der Waals surface area contributed by atoms with Crippen molar-refractivity contribution in [3.8, 4) is 18.1 Å². The molecular weight excluding hydrogens is 320 g/mol. The topological polar surface area (TPSA) is 61.8 Å². The van der Waals surface area contributed by atoms with Crippen molar-refractivity contribution in [2.24, 2.45) is 0 Å². The Bertz CT molecular complexity index is 909. The van der Waals surface area contributed by atoms with Crippen molar-refractivity contribution in [2.45, 2.75) is 19.6 Å². The Hall–Kier alpha value is -3.26. The van der Waals surface area contributed by atoms with E-state index in [1.807, 2.05) is 30.3 Å². The van der Waals surface area contributed by atoms with Crippen molar-refractivity contribution in [3.05, 3.63) is 47.5 Å². The second-order valence-corrected chi connectivity index (χ2v) is 5.93. The molecule has 0 aromatic heterocycles. The van der Waals surface area contributed by atoms with E-state index in [0.717, 1.165) is 10.8 Å². The van der Waals surface area contributed by atoms with Gasteiger partial charge in [-0.05, 0) is 22.9 Å². The number of cyclic esters (lactones) is 2. The van der Waals surface area contributed by atoms with Crippen LogP contribution in [-0.2, 0) is 19.1 Å². The lowest BCUT2D eigenvalue weighted by molar-refractivity contribution is -0.222. The molecule has 1 aliphatic rings. The molecule has 3 rings (SSSR count). The Balaban J connectivity index is 2.15. The average Bonchev–Trinajstić information content (AvgIpc) is 2.55. The van der Waals surface area contributed by atoms with Crippen LogP contribution in [0.1, 0.15) is 19.4 Å². The monoisotopic (exact) mass is 336 g/mol. The molecule has 0 N–H and O–H groups in total. The summed E-state index contributed by atoms with van der Waals surface area (Å²) in [5.41, 5.74) is 0.373. The third kappa shape index (κ3) is 3.33. The quantitative estimate of drug-likeness (QED) is 0.373. The van der Waals surface area contributed by atoms with Gasteiger partial charge < -0.3 is 14.2 Å². The van der Waals surface area contributed by atoms with Crippen LogP contribution < -0.4 is 4.74 Å². The zero-order chi connectivity index (χ0) is 18.0. The number of carbonyl (C=O) groups excluding carboxylic acids is 2. The molecule has 0 saturated carbocycles. The SMILES string of the molecule is C#CCOc1ccc2ccccc2c1C=C1C(=O)OC(C)(C)OC1=O. The Kier molecular flexibility index (Phi) is 4.20. The van der Waals surface area contributed by atoms with E-state index < -0.39 is 17.7 Å². The van der Waals surface area contributed by atoms with Crippen LogP contribution in [0.15, 0.2) is 42.0 Å². The lowest BCUT2D eigenvalue weighted by atomic mass is 10.0. The van der Waals surface area contributed by atoms with Crippen molar-refractivity contribution >= 4 is 28.8 Å². The fourth-order valence-electron chi connectivity index (χ4n) is 2.59. The molecule has 1 fully saturated rings. The number of carbonyl (C=O) groups is 2. The minimum Gasteiger partial charge on any atom is -0.480 e. The molecule has 126 valence electrons. The first-order valence-electron chi connectivity index (χ1n) is 7.68. The van der Waals surface area contributed by atoms with Crippen LogP contribution in [0.4, 0.5) is 0 Å². The second-order valence-electron chi connectivity index (χ2n) is 5.93. The van der Waals surface area contributed by atoms with Crippen molar-refractivity contribution in [3.63, 3.8) is 0 Å². The summed E-state index contributed by atoms with van der Waals surface area (Å²) in [7, 11) is 0. The van der Waals surface area contributed by atoms with E-state index in [4.69, 9.17) is 20.6 Å². The van der Waals surface area contributed by atoms with Gasteiger partial charge in [-0.3, -0.25) is 0 Å². The number of hydrogen-bond acceptors (Lipinski definition) is 5. The average molecular weight is 336 g/mol. The minimum atomic E-state index is -1.28. The number of fused-ring (bicyclic) bond motifs is 1. The van der Waals surface area contributed by atoms with Gasteiger partial charge in [0.15, 0.2) is 0 Å². The summed E-state index contributed by atoms with van der Waals surface area (Å²) >= 11 is 0. The second kappa shape index (κ2) is 6.33. The highest BCUT2D eigenvalue weighted by atomic mass is 16.7. The van der Waals surface area contributed by atoms with Gasteiger partial charge in [-0.25, -0.2) is 9.59 Å². The first kappa shape index (κ1) is 16.6. The molecule has 1 saturated heterocycles. The fraction of sp³-hybridized carbons (Fsp3) is 0.200. The van der Waals surface area contributed by atoms with Crippen molar-refractivity contribution in [1.29, 1.82) is 0 Å². The van der Waals surface area contributed by atoms with Gasteiger partial charge in [0.05, 0.1) is 0 Å². The molecule has 2 aromatic rings. The molecule has 0 unspecified atom stereocenters. The van der Waals surface area contributed by atoms with Crippen LogP contribution in [0.3, 0.4) is 0 Å². The molecule has 0 amide bonds. The molecule has 0 atom stereocenters. The largest absolute Gasteiger partial charge is 0.480 e. The van der Waals surface area contributed by atoms with E-state index in [1.54, 1.807) is 6.07 Å². The summed E-state index contributed by atoms with van der Waals surface area (Å²) < 4.78 is 15.8. The normalized spacial score (nSPS) is 16.0. The summed E-state index contributed by atoms with van der Waals surface area (Å²) in [4.78, 5) is 24.4. The van der Waals surface area contributed by atoms with E-state index in [0.29, 0.717) is 11.3 Å². The first-order chi connectivity index (χ1) is 11.9. The zero-order valence-corrected chi connectivity index (χ0v) is 13.9. The van der Waals surface area contributed by atoms with Gasteiger partial charge in [-0.2, -0.15) is 0 Å². The maximum Gasteiger partial charge on any atom is 0.348 e. The lowest BCUT2D eigenvalue weighted by Gasteiger charge is -2.29. The van der Waals surface area contributed by atoms with Gasteiger partial charge in [0.1, 0.15) is 17.9 Å². The van der Waals surface area contributed by atoms with Crippen molar-refractivity contribution < 1.29 is 23.8 Å². The predicted molar refractivity (Wildman–Crippen MR) is 92.5 cm³/mol. The molecular formula is C20H16O5. The van der Waals surface area contributed by atoms with E-state index in [-0.39, 0.29) is 12.2 Å². The Morgan fingerprint density at radius 1 is 1.12 bits per heavy atom. The standard InChI is InChI=1S/C20H16O5/c1-4-11-23-17-10-9-13-7-5-6-8-14(13)15(17)12-16-18(21)24-20(2,3)25-19(16)22/h1,5-10,12H,11H2,2-3H3. The lowest BCUT2D eigenvalue weighted by Crippen LogP contribution is -2.41. The van der Waals surface area contributed by atoms with Gasteiger partial charge in [-0.15, -0.1) is 6.42 Å². The third-order valence-electron chi connectivity index (χ3n) is 3.65. The van der Waals surface area contributed by atoms with Crippen LogP contribution in [0.2, 0.25) is 0 Å². The van der Waals surface area contributed by atoms with Crippen molar-refractivity contribution in [1.82, 2.24) is 0 Å². The van der Waals surface area contributed by atoms with E-state index >= 15 is 0 Å². The minimum absolute atomic E-state index is 0.0659. The van der Waals surface area contributed by atoms with Crippen LogP contribution in [0.25, 0.3) is 16.8 Å². The smallest absolute Gasteiger partial charge is 0.348 e. The molecule has 0 bridgehead atoms. The van der Waals surface area contributed by atoms with E-state index in [2.05, 4.69) is 5.92 Å². The highest BCUT2D eigenvalue weighted by Gasteiger charge is 2.39. The maximum atomic E-state index is 12.2.